The topological polar surface area (TPSA) is 37.3 Å². The van der Waals surface area contributed by atoms with Gasteiger partial charge in [-0.25, -0.2) is 4.79 Å². The predicted molar refractivity (Wildman–Crippen MR) is 97.0 cm³/mol. The zero-order valence-corrected chi connectivity index (χ0v) is 14.8. The predicted octanol–water partition coefficient (Wildman–Crippen LogP) is 3.76. The number of rotatable bonds is 4. The van der Waals surface area contributed by atoms with Crippen molar-refractivity contribution in [1.29, 1.82) is 0 Å². The lowest BCUT2D eigenvalue weighted by Gasteiger charge is -2.39. The molecule has 1 aromatic heterocycles. The summed E-state index contributed by atoms with van der Waals surface area (Å²) in [6.07, 6.45) is 0.863. The molecule has 0 aliphatic carbocycles. The molecule has 0 fully saturated rings. The van der Waals surface area contributed by atoms with E-state index in [0.29, 0.717) is 12.5 Å². The molecule has 3 rings (SSSR count). The van der Waals surface area contributed by atoms with Crippen molar-refractivity contribution in [2.75, 3.05) is 13.1 Å². The summed E-state index contributed by atoms with van der Waals surface area (Å²) in [4.78, 5) is 14.7. The van der Waals surface area contributed by atoms with Gasteiger partial charge in [0.15, 0.2) is 0 Å². The van der Waals surface area contributed by atoms with Crippen molar-refractivity contribution >= 4 is 6.03 Å². The molecule has 1 aromatic carbocycles. The van der Waals surface area contributed by atoms with E-state index >= 15 is 0 Å². The second kappa shape index (κ2) is 7.12. The molecule has 1 atom stereocenters. The lowest BCUT2D eigenvalue weighted by Crippen LogP contribution is -2.49. The van der Waals surface area contributed by atoms with Crippen LogP contribution in [0.5, 0.6) is 0 Å². The van der Waals surface area contributed by atoms with Gasteiger partial charge in [0.2, 0.25) is 0 Å². The molecule has 4 nitrogen and oxygen atoms in total. The Kier molecular flexibility index (Phi) is 4.93. The molecule has 2 heterocycles. The van der Waals surface area contributed by atoms with E-state index in [1.54, 1.807) is 0 Å². The quantitative estimate of drug-likeness (QED) is 0.913. The molecule has 2 amide bonds. The molecule has 0 unspecified atom stereocenters. The normalized spacial score (nSPS) is 17.0. The van der Waals surface area contributed by atoms with Crippen molar-refractivity contribution in [2.45, 2.75) is 39.8 Å². The van der Waals surface area contributed by atoms with Gasteiger partial charge >= 0.3 is 6.03 Å². The average molecular weight is 325 g/mol. The summed E-state index contributed by atoms with van der Waals surface area (Å²) >= 11 is 0. The molecule has 2 aromatic rings. The molecule has 4 heteroatoms. The van der Waals surface area contributed by atoms with E-state index in [-0.39, 0.29) is 12.1 Å². The molecule has 0 radical (unpaired) electrons. The lowest BCUT2D eigenvalue weighted by atomic mass is 9.97. The highest BCUT2D eigenvalue weighted by atomic mass is 16.2. The molecule has 1 aliphatic rings. The van der Waals surface area contributed by atoms with Crippen molar-refractivity contribution in [2.24, 2.45) is 5.92 Å². The summed E-state index contributed by atoms with van der Waals surface area (Å²) in [6.45, 7) is 8.83. The third kappa shape index (κ3) is 3.32. The maximum absolute atomic E-state index is 12.7. The van der Waals surface area contributed by atoms with Crippen LogP contribution in [0.2, 0.25) is 0 Å². The summed E-state index contributed by atoms with van der Waals surface area (Å²) in [7, 11) is 0. The minimum absolute atomic E-state index is 0.0507. The van der Waals surface area contributed by atoms with Gasteiger partial charge in [0.25, 0.3) is 0 Å². The first-order valence-corrected chi connectivity index (χ1v) is 8.82. The van der Waals surface area contributed by atoms with Crippen molar-refractivity contribution in [3.05, 3.63) is 59.4 Å². The number of benzene rings is 1. The summed E-state index contributed by atoms with van der Waals surface area (Å²) < 4.78 is 2.35. The summed E-state index contributed by atoms with van der Waals surface area (Å²) in [5, 5.41) is 3.10. The fourth-order valence-corrected chi connectivity index (χ4v) is 3.65. The van der Waals surface area contributed by atoms with Gasteiger partial charge in [0, 0.05) is 31.0 Å². The first-order valence-electron chi connectivity index (χ1n) is 8.82. The van der Waals surface area contributed by atoms with Gasteiger partial charge in [-0.3, -0.25) is 0 Å². The molecule has 0 spiro atoms. The first-order chi connectivity index (χ1) is 11.6. The van der Waals surface area contributed by atoms with Gasteiger partial charge in [-0.2, -0.15) is 0 Å². The molecule has 24 heavy (non-hydrogen) atoms. The zero-order valence-electron chi connectivity index (χ0n) is 14.8. The van der Waals surface area contributed by atoms with Crippen LogP contribution in [0.25, 0.3) is 0 Å². The van der Waals surface area contributed by atoms with Crippen LogP contribution in [0.15, 0.2) is 42.5 Å². The highest BCUT2D eigenvalue weighted by Crippen LogP contribution is 2.33. The zero-order chi connectivity index (χ0) is 17.1. The number of nitrogens with zero attached hydrogens (tertiary/aromatic N) is 2. The fourth-order valence-electron chi connectivity index (χ4n) is 3.65. The van der Waals surface area contributed by atoms with E-state index in [4.69, 9.17) is 0 Å². The Morgan fingerprint density at radius 2 is 1.92 bits per heavy atom. The number of nitrogens with one attached hydrogen (secondary N) is 1. The number of fused-ring (bicyclic) bond motifs is 1. The summed E-state index contributed by atoms with van der Waals surface area (Å²) in [6, 6.07) is 14.8. The Hall–Kier alpha value is -2.23. The van der Waals surface area contributed by atoms with Crippen LogP contribution in [0, 0.1) is 12.8 Å². The molecule has 0 saturated heterocycles. The smallest absolute Gasteiger partial charge is 0.318 e. The maximum Gasteiger partial charge on any atom is 0.318 e. The number of carbonyl (C=O) groups excluding carboxylic acids is 1. The van der Waals surface area contributed by atoms with E-state index in [1.165, 1.54) is 17.0 Å². The van der Waals surface area contributed by atoms with E-state index in [1.807, 2.05) is 23.1 Å². The van der Waals surface area contributed by atoms with Gasteiger partial charge in [-0.05, 0) is 37.0 Å². The number of hydrogen-bond donors (Lipinski definition) is 1. The second-order valence-corrected chi connectivity index (χ2v) is 6.90. The standard InChI is InChI=1S/C20H27N3O/c1-15(2)19-18-10-9-16(3)22(18)13-14-23(19)20(24)21-12-11-17-7-5-4-6-8-17/h4-10,15,19H,11-14H2,1-3H3,(H,21,24)/t19-/m1/s1. The van der Waals surface area contributed by atoms with Crippen LogP contribution in [0.4, 0.5) is 4.79 Å². The van der Waals surface area contributed by atoms with Gasteiger partial charge in [0.1, 0.15) is 0 Å². The minimum atomic E-state index is 0.0507. The average Bonchev–Trinajstić information content (AvgIpc) is 2.96. The van der Waals surface area contributed by atoms with Gasteiger partial charge < -0.3 is 14.8 Å². The van der Waals surface area contributed by atoms with Crippen molar-refractivity contribution in [1.82, 2.24) is 14.8 Å². The van der Waals surface area contributed by atoms with Crippen LogP contribution in [-0.2, 0) is 13.0 Å². The fraction of sp³-hybridized carbons (Fsp3) is 0.450. The molecular formula is C20H27N3O. The summed E-state index contributed by atoms with van der Waals surface area (Å²) in [5.74, 6) is 0.387. The third-order valence-electron chi connectivity index (χ3n) is 4.86. The number of amides is 2. The van der Waals surface area contributed by atoms with Gasteiger partial charge in [-0.15, -0.1) is 0 Å². The van der Waals surface area contributed by atoms with E-state index in [0.717, 1.165) is 19.5 Å². The van der Waals surface area contributed by atoms with E-state index in [9.17, 15) is 4.79 Å². The van der Waals surface area contributed by atoms with Crippen LogP contribution >= 0.6 is 0 Å². The summed E-state index contributed by atoms with van der Waals surface area (Å²) in [5.41, 5.74) is 3.79. The number of urea groups is 1. The molecule has 0 saturated carbocycles. The van der Waals surface area contributed by atoms with Crippen LogP contribution < -0.4 is 5.32 Å². The van der Waals surface area contributed by atoms with Crippen LogP contribution in [0.3, 0.4) is 0 Å². The van der Waals surface area contributed by atoms with Crippen molar-refractivity contribution in [3.8, 4) is 0 Å². The minimum Gasteiger partial charge on any atom is -0.345 e. The number of aryl methyl sites for hydroxylation is 1. The molecule has 1 aliphatic heterocycles. The van der Waals surface area contributed by atoms with E-state index in [2.05, 4.69) is 54.9 Å². The number of carbonyl (C=O) groups is 1. The number of aromatic nitrogens is 1. The van der Waals surface area contributed by atoms with Gasteiger partial charge in [0.05, 0.1) is 6.04 Å². The van der Waals surface area contributed by atoms with Crippen molar-refractivity contribution in [3.63, 3.8) is 0 Å². The largest absolute Gasteiger partial charge is 0.345 e. The Labute approximate surface area is 144 Å². The Bertz CT molecular complexity index is 690. The first kappa shape index (κ1) is 16.6. The van der Waals surface area contributed by atoms with Crippen molar-refractivity contribution < 1.29 is 4.79 Å². The highest BCUT2D eigenvalue weighted by Gasteiger charge is 2.33. The molecular weight excluding hydrogens is 298 g/mol. The molecule has 128 valence electrons. The van der Waals surface area contributed by atoms with Crippen LogP contribution in [0.1, 0.15) is 36.8 Å². The SMILES string of the molecule is Cc1ccc2n1CCN(C(=O)NCCc1ccccc1)[C@@H]2C(C)C. The van der Waals surface area contributed by atoms with E-state index < -0.39 is 0 Å². The Morgan fingerprint density at radius 1 is 1.17 bits per heavy atom. The lowest BCUT2D eigenvalue weighted by molar-refractivity contribution is 0.132. The highest BCUT2D eigenvalue weighted by molar-refractivity contribution is 5.75. The van der Waals surface area contributed by atoms with Crippen LogP contribution in [-0.4, -0.2) is 28.6 Å². The Morgan fingerprint density at radius 3 is 2.62 bits per heavy atom. The maximum atomic E-state index is 12.7. The monoisotopic (exact) mass is 325 g/mol. The number of hydrogen-bond acceptors (Lipinski definition) is 1. The second-order valence-electron chi connectivity index (χ2n) is 6.90. The third-order valence-corrected chi connectivity index (χ3v) is 4.86. The molecule has 1 N–H and O–H groups in total. The Balaban J connectivity index is 1.65. The molecule has 0 bridgehead atoms. The van der Waals surface area contributed by atoms with Gasteiger partial charge in [-0.1, -0.05) is 44.2 Å².